The third-order valence-electron chi connectivity index (χ3n) is 3.68. The lowest BCUT2D eigenvalue weighted by Crippen LogP contribution is -2.39. The van der Waals surface area contributed by atoms with Gasteiger partial charge in [0.15, 0.2) is 0 Å². The van der Waals surface area contributed by atoms with Crippen molar-refractivity contribution in [2.45, 2.75) is 13.3 Å². The summed E-state index contributed by atoms with van der Waals surface area (Å²) in [5, 5.41) is 2.73. The summed E-state index contributed by atoms with van der Waals surface area (Å²) in [5.41, 5.74) is 13.4. The summed E-state index contributed by atoms with van der Waals surface area (Å²) in [5.74, 6) is 0.0911. The average Bonchev–Trinajstić information content (AvgIpc) is 2.76. The van der Waals surface area contributed by atoms with Crippen molar-refractivity contribution < 1.29 is 4.79 Å². The first-order chi connectivity index (χ1) is 8.46. The van der Waals surface area contributed by atoms with E-state index in [9.17, 15) is 4.79 Å². The third kappa shape index (κ3) is 2.08. The van der Waals surface area contributed by atoms with Gasteiger partial charge in [-0.05, 0) is 31.5 Å². The van der Waals surface area contributed by atoms with E-state index in [2.05, 4.69) is 10.2 Å². The second-order valence-corrected chi connectivity index (χ2v) is 5.12. The molecule has 0 aliphatic carbocycles. The van der Waals surface area contributed by atoms with Crippen LogP contribution in [0, 0.1) is 5.41 Å². The third-order valence-corrected chi connectivity index (χ3v) is 3.68. The fraction of sp³-hybridized carbons (Fsp3) is 0.462. The van der Waals surface area contributed by atoms with Gasteiger partial charge < -0.3 is 21.7 Å². The standard InChI is InChI=1S/C13H20N4O/c1-13(12(18)16-2)5-6-17(8-13)9-3-4-10(14)11(15)7-9/h3-4,7H,5-6,8,14-15H2,1-2H3,(H,16,18). The number of carbonyl (C=O) groups excluding carboxylic acids is 1. The molecule has 1 saturated heterocycles. The average molecular weight is 248 g/mol. The lowest BCUT2D eigenvalue weighted by molar-refractivity contribution is -0.128. The summed E-state index contributed by atoms with van der Waals surface area (Å²) in [6.45, 7) is 3.55. The molecule has 1 aromatic carbocycles. The molecule has 1 unspecified atom stereocenters. The van der Waals surface area contributed by atoms with E-state index in [-0.39, 0.29) is 11.3 Å². The van der Waals surface area contributed by atoms with E-state index in [0.29, 0.717) is 17.9 Å². The highest BCUT2D eigenvalue weighted by Gasteiger charge is 2.39. The number of anilines is 3. The Labute approximate surface area is 107 Å². The zero-order chi connectivity index (χ0) is 13.3. The Bertz CT molecular complexity index is 474. The fourth-order valence-corrected chi connectivity index (χ4v) is 2.43. The number of nitrogens with two attached hydrogens (primary N) is 2. The number of carbonyl (C=O) groups is 1. The number of rotatable bonds is 2. The first kappa shape index (κ1) is 12.5. The molecule has 5 N–H and O–H groups in total. The Kier molecular flexibility index (Phi) is 3.07. The molecule has 0 spiro atoms. The summed E-state index contributed by atoms with van der Waals surface area (Å²) in [6, 6.07) is 5.62. The van der Waals surface area contributed by atoms with E-state index in [1.807, 2.05) is 19.1 Å². The molecule has 5 nitrogen and oxygen atoms in total. The maximum Gasteiger partial charge on any atom is 0.227 e. The lowest BCUT2D eigenvalue weighted by atomic mass is 9.89. The molecule has 1 amide bonds. The molecule has 1 atom stereocenters. The van der Waals surface area contributed by atoms with Gasteiger partial charge in [-0.25, -0.2) is 0 Å². The van der Waals surface area contributed by atoms with E-state index in [4.69, 9.17) is 11.5 Å². The summed E-state index contributed by atoms with van der Waals surface area (Å²) in [4.78, 5) is 14.0. The zero-order valence-electron chi connectivity index (χ0n) is 10.9. The molecule has 98 valence electrons. The molecular weight excluding hydrogens is 228 g/mol. The van der Waals surface area contributed by atoms with Gasteiger partial charge in [0.2, 0.25) is 5.91 Å². The largest absolute Gasteiger partial charge is 0.397 e. The van der Waals surface area contributed by atoms with Gasteiger partial charge in [0.25, 0.3) is 0 Å². The monoisotopic (exact) mass is 248 g/mol. The lowest BCUT2D eigenvalue weighted by Gasteiger charge is -2.24. The van der Waals surface area contributed by atoms with E-state index in [0.717, 1.165) is 18.7 Å². The molecule has 1 fully saturated rings. The molecule has 0 saturated carbocycles. The van der Waals surface area contributed by atoms with E-state index < -0.39 is 0 Å². The Balaban J connectivity index is 2.18. The van der Waals surface area contributed by atoms with E-state index >= 15 is 0 Å². The Morgan fingerprint density at radius 3 is 2.72 bits per heavy atom. The molecule has 5 heteroatoms. The van der Waals surface area contributed by atoms with Crippen LogP contribution in [-0.2, 0) is 4.79 Å². The van der Waals surface area contributed by atoms with Gasteiger partial charge in [-0.3, -0.25) is 4.79 Å². The highest BCUT2D eigenvalue weighted by molar-refractivity contribution is 5.83. The van der Waals surface area contributed by atoms with Crippen LogP contribution in [0.2, 0.25) is 0 Å². The van der Waals surface area contributed by atoms with Crippen LogP contribution in [-0.4, -0.2) is 26.0 Å². The van der Waals surface area contributed by atoms with Crippen molar-refractivity contribution in [3.8, 4) is 0 Å². The van der Waals surface area contributed by atoms with Gasteiger partial charge in [-0.1, -0.05) is 0 Å². The van der Waals surface area contributed by atoms with Crippen LogP contribution in [0.5, 0.6) is 0 Å². The summed E-state index contributed by atoms with van der Waals surface area (Å²) < 4.78 is 0. The predicted molar refractivity (Wildman–Crippen MR) is 74.3 cm³/mol. The Hall–Kier alpha value is -1.91. The molecular formula is C13H20N4O. The second kappa shape index (κ2) is 4.40. The number of hydrogen-bond donors (Lipinski definition) is 3. The zero-order valence-corrected chi connectivity index (χ0v) is 10.9. The first-order valence-corrected chi connectivity index (χ1v) is 6.08. The summed E-state index contributed by atoms with van der Waals surface area (Å²) in [7, 11) is 1.68. The molecule has 1 aliphatic heterocycles. The molecule has 0 aromatic heterocycles. The topological polar surface area (TPSA) is 84.4 Å². The number of benzene rings is 1. The van der Waals surface area contributed by atoms with E-state index in [1.54, 1.807) is 13.1 Å². The molecule has 1 heterocycles. The van der Waals surface area contributed by atoms with Crippen molar-refractivity contribution in [3.63, 3.8) is 0 Å². The molecule has 0 radical (unpaired) electrons. The fourth-order valence-electron chi connectivity index (χ4n) is 2.43. The van der Waals surface area contributed by atoms with Gasteiger partial charge in [0.05, 0.1) is 16.8 Å². The number of nitrogens with one attached hydrogen (secondary N) is 1. The second-order valence-electron chi connectivity index (χ2n) is 5.12. The molecule has 18 heavy (non-hydrogen) atoms. The van der Waals surface area contributed by atoms with Crippen molar-refractivity contribution in [2.24, 2.45) is 5.41 Å². The first-order valence-electron chi connectivity index (χ1n) is 6.08. The maximum atomic E-state index is 11.9. The SMILES string of the molecule is CNC(=O)C1(C)CCN(c2ccc(N)c(N)c2)C1. The van der Waals surface area contributed by atoms with Crippen LogP contribution in [0.15, 0.2) is 18.2 Å². The minimum absolute atomic E-state index is 0.0911. The Morgan fingerprint density at radius 2 is 2.11 bits per heavy atom. The molecule has 2 rings (SSSR count). The number of nitrogens with zero attached hydrogens (tertiary/aromatic N) is 1. The molecule has 1 aromatic rings. The van der Waals surface area contributed by atoms with Gasteiger partial charge in [-0.15, -0.1) is 0 Å². The van der Waals surface area contributed by atoms with Crippen molar-refractivity contribution in [3.05, 3.63) is 18.2 Å². The number of hydrogen-bond acceptors (Lipinski definition) is 4. The highest BCUT2D eigenvalue weighted by atomic mass is 16.2. The van der Waals surface area contributed by atoms with Crippen LogP contribution >= 0.6 is 0 Å². The highest BCUT2D eigenvalue weighted by Crippen LogP contribution is 2.34. The van der Waals surface area contributed by atoms with E-state index in [1.165, 1.54) is 0 Å². The quantitative estimate of drug-likeness (QED) is 0.676. The van der Waals surface area contributed by atoms with Crippen molar-refractivity contribution in [1.29, 1.82) is 0 Å². The van der Waals surface area contributed by atoms with Crippen LogP contribution in [0.1, 0.15) is 13.3 Å². The van der Waals surface area contributed by atoms with Crippen LogP contribution in [0.4, 0.5) is 17.1 Å². The van der Waals surface area contributed by atoms with Gasteiger partial charge in [0, 0.05) is 25.8 Å². The van der Waals surface area contributed by atoms with Gasteiger partial charge in [0.1, 0.15) is 0 Å². The van der Waals surface area contributed by atoms with Crippen LogP contribution in [0.25, 0.3) is 0 Å². The van der Waals surface area contributed by atoms with Crippen molar-refractivity contribution in [2.75, 3.05) is 36.5 Å². The number of nitrogen functional groups attached to an aromatic ring is 2. The predicted octanol–water partition coefficient (Wildman–Crippen LogP) is 0.813. The summed E-state index contributed by atoms with van der Waals surface area (Å²) >= 11 is 0. The smallest absolute Gasteiger partial charge is 0.227 e. The van der Waals surface area contributed by atoms with Crippen molar-refractivity contribution >= 4 is 23.0 Å². The normalized spacial score (nSPS) is 23.1. The van der Waals surface area contributed by atoms with Crippen LogP contribution < -0.4 is 21.7 Å². The van der Waals surface area contributed by atoms with Crippen molar-refractivity contribution in [1.82, 2.24) is 5.32 Å². The van der Waals surface area contributed by atoms with Gasteiger partial charge in [-0.2, -0.15) is 0 Å². The Morgan fingerprint density at radius 1 is 1.39 bits per heavy atom. The molecule has 0 bridgehead atoms. The minimum atomic E-state index is -0.328. The maximum absolute atomic E-state index is 11.9. The number of amides is 1. The van der Waals surface area contributed by atoms with Crippen LogP contribution in [0.3, 0.4) is 0 Å². The minimum Gasteiger partial charge on any atom is -0.397 e. The molecule has 1 aliphatic rings. The summed E-state index contributed by atoms with van der Waals surface area (Å²) in [6.07, 6.45) is 0.844. The van der Waals surface area contributed by atoms with Gasteiger partial charge >= 0.3 is 0 Å².